The summed E-state index contributed by atoms with van der Waals surface area (Å²) in [6, 6.07) is 7.16. The normalized spacial score (nSPS) is 18.5. The van der Waals surface area contributed by atoms with Gasteiger partial charge < -0.3 is 15.2 Å². The lowest BCUT2D eigenvalue weighted by Crippen LogP contribution is -2.41. The van der Waals surface area contributed by atoms with Crippen molar-refractivity contribution in [3.63, 3.8) is 0 Å². The Balaban J connectivity index is 1.61. The number of carbonyl (C=O) groups excluding carboxylic acids is 1. The molecule has 1 aromatic heterocycles. The average Bonchev–Trinajstić information content (AvgIpc) is 3.31. The molecule has 0 bridgehead atoms. The number of hydrogen-bond acceptors (Lipinski definition) is 6. The third kappa shape index (κ3) is 4.03. The highest BCUT2D eigenvalue weighted by molar-refractivity contribution is 7.14. The van der Waals surface area contributed by atoms with Crippen molar-refractivity contribution in [2.45, 2.75) is 19.4 Å². The molecule has 0 radical (unpaired) electrons. The van der Waals surface area contributed by atoms with E-state index < -0.39 is 17.9 Å². The number of benzene rings is 1. The molecular formula is C18H21N3O4S. The Bertz CT molecular complexity index is 790. The Kier molecular flexibility index (Phi) is 5.53. The Morgan fingerprint density at radius 3 is 2.73 bits per heavy atom. The quantitative estimate of drug-likeness (QED) is 0.806. The molecule has 2 atom stereocenters. The van der Waals surface area contributed by atoms with Crippen molar-refractivity contribution in [1.29, 1.82) is 0 Å². The fourth-order valence-corrected chi connectivity index (χ4v) is 3.66. The van der Waals surface area contributed by atoms with Crippen molar-refractivity contribution in [3.8, 4) is 17.0 Å². The molecule has 2 unspecified atom stereocenters. The number of hydrogen-bond donors (Lipinski definition) is 2. The Morgan fingerprint density at radius 2 is 2.12 bits per heavy atom. The number of rotatable bonds is 6. The zero-order valence-corrected chi connectivity index (χ0v) is 15.5. The highest BCUT2D eigenvalue weighted by Crippen LogP contribution is 2.27. The molecule has 2 aromatic rings. The summed E-state index contributed by atoms with van der Waals surface area (Å²) >= 11 is 1.36. The van der Waals surface area contributed by atoms with Crippen LogP contribution in [-0.4, -0.2) is 53.1 Å². The molecule has 1 fully saturated rings. The van der Waals surface area contributed by atoms with Crippen molar-refractivity contribution in [1.82, 2.24) is 9.88 Å². The molecule has 0 aliphatic carbocycles. The number of nitrogens with one attached hydrogen (secondary N) is 1. The number of anilines is 1. The van der Waals surface area contributed by atoms with Crippen molar-refractivity contribution in [3.05, 3.63) is 29.6 Å². The number of methoxy groups -OCH3 is 1. The van der Waals surface area contributed by atoms with Gasteiger partial charge in [-0.2, -0.15) is 0 Å². The second-order valence-corrected chi connectivity index (χ2v) is 7.11. The van der Waals surface area contributed by atoms with Crippen LogP contribution in [0.25, 0.3) is 11.3 Å². The Morgan fingerprint density at radius 1 is 1.38 bits per heavy atom. The van der Waals surface area contributed by atoms with Crippen LogP contribution in [0.4, 0.5) is 5.13 Å². The summed E-state index contributed by atoms with van der Waals surface area (Å²) < 4.78 is 5.14. The molecule has 7 nitrogen and oxygen atoms in total. The van der Waals surface area contributed by atoms with E-state index in [1.54, 1.807) is 14.0 Å². The monoisotopic (exact) mass is 375 g/mol. The van der Waals surface area contributed by atoms with Gasteiger partial charge in [0.15, 0.2) is 5.13 Å². The third-order valence-corrected chi connectivity index (χ3v) is 5.37. The summed E-state index contributed by atoms with van der Waals surface area (Å²) in [4.78, 5) is 29.9. The maximum absolute atomic E-state index is 12.5. The second kappa shape index (κ2) is 7.84. The Labute approximate surface area is 155 Å². The number of thiazole rings is 1. The first-order valence-corrected chi connectivity index (χ1v) is 9.23. The number of aliphatic carboxylic acids is 1. The van der Waals surface area contributed by atoms with E-state index in [9.17, 15) is 9.59 Å². The molecule has 0 saturated carbocycles. The molecule has 2 heterocycles. The van der Waals surface area contributed by atoms with E-state index >= 15 is 0 Å². The lowest BCUT2D eigenvalue weighted by atomic mass is 10.1. The fraction of sp³-hybridized carbons (Fsp3) is 0.389. The first kappa shape index (κ1) is 18.3. The smallest absolute Gasteiger partial charge is 0.307 e. The number of likely N-dealkylation sites (tertiary alicyclic amines) is 1. The van der Waals surface area contributed by atoms with Gasteiger partial charge in [0.2, 0.25) is 5.91 Å². The van der Waals surface area contributed by atoms with E-state index in [0.29, 0.717) is 24.6 Å². The van der Waals surface area contributed by atoms with Gasteiger partial charge in [-0.1, -0.05) is 0 Å². The van der Waals surface area contributed by atoms with Gasteiger partial charge >= 0.3 is 5.97 Å². The SMILES string of the molecule is COc1ccc(-c2csc(NC(=O)C(C)N3CCC(C(=O)O)C3)n2)cc1. The molecule has 1 amide bonds. The molecule has 1 saturated heterocycles. The topological polar surface area (TPSA) is 91.8 Å². The summed E-state index contributed by atoms with van der Waals surface area (Å²) in [7, 11) is 1.62. The van der Waals surface area contributed by atoms with Crippen LogP contribution < -0.4 is 10.1 Å². The molecule has 0 spiro atoms. The van der Waals surface area contributed by atoms with Crippen LogP contribution in [0.3, 0.4) is 0 Å². The lowest BCUT2D eigenvalue weighted by molar-refractivity contribution is -0.141. The highest BCUT2D eigenvalue weighted by atomic mass is 32.1. The van der Waals surface area contributed by atoms with Crippen molar-refractivity contribution < 1.29 is 19.4 Å². The van der Waals surface area contributed by atoms with Crippen LogP contribution in [0.1, 0.15) is 13.3 Å². The van der Waals surface area contributed by atoms with Crippen LogP contribution in [0.5, 0.6) is 5.75 Å². The van der Waals surface area contributed by atoms with Gasteiger partial charge in [-0.15, -0.1) is 11.3 Å². The molecule has 1 aromatic carbocycles. The van der Waals surface area contributed by atoms with Gasteiger partial charge in [0, 0.05) is 17.5 Å². The van der Waals surface area contributed by atoms with Gasteiger partial charge in [-0.3, -0.25) is 14.5 Å². The largest absolute Gasteiger partial charge is 0.497 e. The predicted molar refractivity (Wildman–Crippen MR) is 99.5 cm³/mol. The minimum absolute atomic E-state index is 0.174. The number of aromatic nitrogens is 1. The van der Waals surface area contributed by atoms with Crippen LogP contribution in [0, 0.1) is 5.92 Å². The summed E-state index contributed by atoms with van der Waals surface area (Å²) in [6.45, 7) is 2.80. The van der Waals surface area contributed by atoms with Gasteiger partial charge in [0.05, 0.1) is 24.8 Å². The summed E-state index contributed by atoms with van der Waals surface area (Å²) in [6.07, 6.45) is 0.575. The van der Waals surface area contributed by atoms with E-state index in [2.05, 4.69) is 10.3 Å². The van der Waals surface area contributed by atoms with E-state index in [1.165, 1.54) is 11.3 Å². The van der Waals surface area contributed by atoms with E-state index in [4.69, 9.17) is 9.84 Å². The number of nitrogens with zero attached hydrogens (tertiary/aromatic N) is 2. The predicted octanol–water partition coefficient (Wildman–Crippen LogP) is 2.55. The third-order valence-electron chi connectivity index (χ3n) is 4.62. The number of carbonyl (C=O) groups is 2. The van der Waals surface area contributed by atoms with Crippen LogP contribution in [0.2, 0.25) is 0 Å². The molecule has 2 N–H and O–H groups in total. The van der Waals surface area contributed by atoms with Gasteiger partial charge in [-0.25, -0.2) is 4.98 Å². The van der Waals surface area contributed by atoms with Crippen molar-refractivity contribution in [2.75, 3.05) is 25.5 Å². The maximum Gasteiger partial charge on any atom is 0.307 e. The molecule has 1 aliphatic rings. The van der Waals surface area contributed by atoms with Gasteiger partial charge in [0.1, 0.15) is 5.75 Å². The fourth-order valence-electron chi connectivity index (χ4n) is 2.94. The zero-order chi connectivity index (χ0) is 18.7. The lowest BCUT2D eigenvalue weighted by Gasteiger charge is -2.22. The average molecular weight is 375 g/mol. The molecule has 138 valence electrons. The Hall–Kier alpha value is -2.45. The summed E-state index contributed by atoms with van der Waals surface area (Å²) in [5, 5.41) is 14.3. The summed E-state index contributed by atoms with van der Waals surface area (Å²) in [5.74, 6) is -0.598. The molecule has 1 aliphatic heterocycles. The van der Waals surface area contributed by atoms with Crippen LogP contribution >= 0.6 is 11.3 Å². The summed E-state index contributed by atoms with van der Waals surface area (Å²) in [5.41, 5.74) is 1.73. The molecule has 26 heavy (non-hydrogen) atoms. The minimum atomic E-state index is -0.802. The van der Waals surface area contributed by atoms with E-state index in [0.717, 1.165) is 17.0 Å². The first-order valence-electron chi connectivity index (χ1n) is 8.35. The van der Waals surface area contributed by atoms with Crippen molar-refractivity contribution in [2.24, 2.45) is 5.92 Å². The standard InChI is InChI=1S/C18H21N3O4S/c1-11(21-8-7-13(9-21)17(23)24)16(22)20-18-19-15(10-26-18)12-3-5-14(25-2)6-4-12/h3-6,10-11,13H,7-9H2,1-2H3,(H,23,24)(H,19,20,22). The maximum atomic E-state index is 12.5. The van der Waals surface area contributed by atoms with E-state index in [1.807, 2.05) is 34.5 Å². The number of carboxylic acids is 1. The van der Waals surface area contributed by atoms with Crippen LogP contribution in [0.15, 0.2) is 29.6 Å². The molecule has 3 rings (SSSR count). The van der Waals surface area contributed by atoms with E-state index in [-0.39, 0.29) is 5.91 Å². The minimum Gasteiger partial charge on any atom is -0.497 e. The zero-order valence-electron chi connectivity index (χ0n) is 14.6. The van der Waals surface area contributed by atoms with Crippen LogP contribution in [-0.2, 0) is 9.59 Å². The molecule has 8 heteroatoms. The number of carboxylic acid groups (broad SMARTS) is 1. The number of ether oxygens (including phenoxy) is 1. The second-order valence-electron chi connectivity index (χ2n) is 6.25. The number of amides is 1. The van der Waals surface area contributed by atoms with Gasteiger partial charge in [-0.05, 0) is 44.2 Å². The highest BCUT2D eigenvalue weighted by Gasteiger charge is 2.33. The first-order chi connectivity index (χ1) is 12.5. The van der Waals surface area contributed by atoms with Crippen molar-refractivity contribution >= 4 is 28.3 Å². The molecular weight excluding hydrogens is 354 g/mol. The van der Waals surface area contributed by atoms with Gasteiger partial charge in [0.25, 0.3) is 0 Å².